The average molecular weight is 418 g/mol. The first-order valence-corrected chi connectivity index (χ1v) is 10.7. The third-order valence-corrected chi connectivity index (χ3v) is 5.41. The Morgan fingerprint density at radius 3 is 2.34 bits per heavy atom. The van der Waals surface area contributed by atoms with Crippen molar-refractivity contribution in [3.63, 3.8) is 0 Å². The zero-order chi connectivity index (χ0) is 21.9. The van der Waals surface area contributed by atoms with Gasteiger partial charge in [-0.15, -0.1) is 0 Å². The van der Waals surface area contributed by atoms with Crippen molar-refractivity contribution >= 4 is 34.3 Å². The van der Waals surface area contributed by atoms with Crippen molar-refractivity contribution in [3.05, 3.63) is 114 Å². The maximum Gasteiger partial charge on any atom is 0.282 e. The molecule has 4 heteroatoms. The summed E-state index contributed by atoms with van der Waals surface area (Å²) in [4.78, 5) is 20.0. The van der Waals surface area contributed by atoms with Crippen molar-refractivity contribution < 1.29 is 9.53 Å². The molecule has 1 aliphatic heterocycles. The van der Waals surface area contributed by atoms with Crippen LogP contribution in [0.5, 0.6) is 5.75 Å². The number of hydrogen-bond donors (Lipinski definition) is 0. The van der Waals surface area contributed by atoms with E-state index in [4.69, 9.17) is 9.73 Å². The molecule has 0 atom stereocenters. The van der Waals surface area contributed by atoms with E-state index < -0.39 is 0 Å². The van der Waals surface area contributed by atoms with E-state index in [1.165, 1.54) is 0 Å². The minimum atomic E-state index is -0.152. The summed E-state index contributed by atoms with van der Waals surface area (Å²) in [6.07, 6.45) is 1.88. The molecule has 0 saturated heterocycles. The molecule has 1 aliphatic rings. The summed E-state index contributed by atoms with van der Waals surface area (Å²) in [5.41, 5.74) is 3.02. The monoisotopic (exact) mass is 418 g/mol. The van der Waals surface area contributed by atoms with E-state index in [1.54, 1.807) is 4.90 Å². The minimum absolute atomic E-state index is 0.152. The number of amidine groups is 1. The van der Waals surface area contributed by atoms with Gasteiger partial charge in [0.2, 0.25) is 0 Å². The van der Waals surface area contributed by atoms with Gasteiger partial charge >= 0.3 is 0 Å². The number of amides is 1. The molecule has 0 radical (unpaired) electrons. The number of carbonyl (C=O) groups is 1. The van der Waals surface area contributed by atoms with Crippen LogP contribution in [0.2, 0.25) is 0 Å². The lowest BCUT2D eigenvalue weighted by atomic mass is 10.0. The predicted molar refractivity (Wildman–Crippen MR) is 130 cm³/mol. The maximum atomic E-state index is 13.6. The van der Waals surface area contributed by atoms with Gasteiger partial charge in [-0.05, 0) is 53.6 Å². The Bertz CT molecular complexity index is 1330. The van der Waals surface area contributed by atoms with Crippen molar-refractivity contribution in [2.24, 2.45) is 4.99 Å². The number of carbonyl (C=O) groups excluding carboxylic acids is 1. The Labute approximate surface area is 187 Å². The molecule has 4 nitrogen and oxygen atoms in total. The van der Waals surface area contributed by atoms with Gasteiger partial charge in [0, 0.05) is 5.56 Å². The lowest BCUT2D eigenvalue weighted by molar-refractivity contribution is -0.113. The second kappa shape index (κ2) is 8.52. The topological polar surface area (TPSA) is 41.9 Å². The van der Waals surface area contributed by atoms with E-state index in [-0.39, 0.29) is 5.91 Å². The Hall–Kier alpha value is -4.18. The van der Waals surface area contributed by atoms with Crippen LogP contribution in [0.3, 0.4) is 0 Å². The SMILES string of the molecule is CCOc1ccc(N2C(=O)/C(=C\c3cccc4ccccc34)N=C2c2ccccc2)cc1. The van der Waals surface area contributed by atoms with E-state index in [9.17, 15) is 4.79 Å². The van der Waals surface area contributed by atoms with Gasteiger partial charge < -0.3 is 4.74 Å². The van der Waals surface area contributed by atoms with Crippen LogP contribution in [0.4, 0.5) is 5.69 Å². The lowest BCUT2D eigenvalue weighted by Gasteiger charge is -2.19. The molecule has 0 fully saturated rings. The van der Waals surface area contributed by atoms with Crippen molar-refractivity contribution in [2.45, 2.75) is 6.92 Å². The van der Waals surface area contributed by atoms with Crippen LogP contribution in [0.1, 0.15) is 18.1 Å². The van der Waals surface area contributed by atoms with Crippen LogP contribution < -0.4 is 9.64 Å². The highest BCUT2D eigenvalue weighted by atomic mass is 16.5. The van der Waals surface area contributed by atoms with E-state index in [0.717, 1.165) is 33.3 Å². The molecule has 0 aromatic heterocycles. The molecule has 156 valence electrons. The molecular formula is C28H22N2O2. The van der Waals surface area contributed by atoms with Crippen LogP contribution in [0, 0.1) is 0 Å². The van der Waals surface area contributed by atoms with Gasteiger partial charge in [0.25, 0.3) is 5.91 Å². The molecule has 0 N–H and O–H groups in total. The molecule has 5 rings (SSSR count). The second-order valence-corrected chi connectivity index (χ2v) is 7.47. The molecule has 4 aromatic carbocycles. The number of nitrogens with zero attached hydrogens (tertiary/aromatic N) is 2. The molecule has 4 aromatic rings. The molecule has 0 unspecified atom stereocenters. The largest absolute Gasteiger partial charge is 0.494 e. The number of rotatable bonds is 5. The quantitative estimate of drug-likeness (QED) is 0.369. The standard InChI is InChI=1S/C28H22N2O2/c1-2-32-24-17-15-23(16-18-24)30-27(21-10-4-3-5-11-21)29-26(28(30)31)19-22-13-8-12-20-9-6-7-14-25(20)22/h3-19H,2H2,1H3/b26-19+. The summed E-state index contributed by atoms with van der Waals surface area (Å²) < 4.78 is 5.56. The van der Waals surface area contributed by atoms with Crippen LogP contribution in [-0.2, 0) is 4.79 Å². The highest BCUT2D eigenvalue weighted by molar-refractivity contribution is 6.33. The van der Waals surface area contributed by atoms with Crippen LogP contribution >= 0.6 is 0 Å². The summed E-state index contributed by atoms with van der Waals surface area (Å²) in [7, 11) is 0. The summed E-state index contributed by atoms with van der Waals surface area (Å²) in [5.74, 6) is 1.24. The van der Waals surface area contributed by atoms with Gasteiger partial charge in [0.1, 0.15) is 17.3 Å². The zero-order valence-electron chi connectivity index (χ0n) is 17.7. The molecule has 0 bridgehead atoms. The second-order valence-electron chi connectivity index (χ2n) is 7.47. The van der Waals surface area contributed by atoms with Gasteiger partial charge in [0.15, 0.2) is 0 Å². The van der Waals surface area contributed by atoms with Crippen molar-refractivity contribution in [1.82, 2.24) is 0 Å². The Kier molecular flexibility index (Phi) is 5.26. The highest BCUT2D eigenvalue weighted by Crippen LogP contribution is 2.30. The molecule has 32 heavy (non-hydrogen) atoms. The number of benzene rings is 4. The normalized spacial score (nSPS) is 14.8. The summed E-state index contributed by atoms with van der Waals surface area (Å²) in [6.45, 7) is 2.54. The van der Waals surface area contributed by atoms with Gasteiger partial charge in [-0.1, -0.05) is 72.8 Å². The van der Waals surface area contributed by atoms with E-state index in [1.807, 2.05) is 91.9 Å². The first-order valence-electron chi connectivity index (χ1n) is 10.7. The van der Waals surface area contributed by atoms with Gasteiger partial charge in [0.05, 0.1) is 12.3 Å². The average Bonchev–Trinajstić information content (AvgIpc) is 3.16. The first-order chi connectivity index (χ1) is 15.7. The molecule has 0 saturated carbocycles. The Balaban J connectivity index is 1.61. The summed E-state index contributed by atoms with van der Waals surface area (Å²) >= 11 is 0. The fourth-order valence-corrected chi connectivity index (χ4v) is 3.92. The number of ether oxygens (including phenoxy) is 1. The molecule has 0 aliphatic carbocycles. The Morgan fingerprint density at radius 2 is 1.56 bits per heavy atom. The number of anilines is 1. The van der Waals surface area contributed by atoms with Crippen LogP contribution in [0.25, 0.3) is 16.8 Å². The third kappa shape index (κ3) is 3.67. The van der Waals surface area contributed by atoms with E-state index >= 15 is 0 Å². The van der Waals surface area contributed by atoms with Crippen LogP contribution in [-0.4, -0.2) is 18.3 Å². The van der Waals surface area contributed by atoms with E-state index in [2.05, 4.69) is 18.2 Å². The summed E-state index contributed by atoms with van der Waals surface area (Å²) in [5, 5.41) is 2.22. The number of fused-ring (bicyclic) bond motifs is 1. The van der Waals surface area contributed by atoms with E-state index in [0.29, 0.717) is 18.1 Å². The fraction of sp³-hybridized carbons (Fsp3) is 0.0714. The molecule has 0 spiro atoms. The minimum Gasteiger partial charge on any atom is -0.494 e. The van der Waals surface area contributed by atoms with Crippen molar-refractivity contribution in [1.29, 1.82) is 0 Å². The Morgan fingerprint density at radius 1 is 0.844 bits per heavy atom. The third-order valence-electron chi connectivity index (χ3n) is 5.41. The zero-order valence-corrected chi connectivity index (χ0v) is 17.7. The molecular weight excluding hydrogens is 396 g/mol. The maximum absolute atomic E-state index is 13.6. The van der Waals surface area contributed by atoms with Crippen molar-refractivity contribution in [3.8, 4) is 5.75 Å². The fourth-order valence-electron chi connectivity index (χ4n) is 3.92. The summed E-state index contributed by atoms with van der Waals surface area (Å²) in [6, 6.07) is 31.6. The first kappa shape index (κ1) is 19.8. The van der Waals surface area contributed by atoms with Gasteiger partial charge in [-0.3, -0.25) is 9.69 Å². The van der Waals surface area contributed by atoms with Gasteiger partial charge in [-0.25, -0.2) is 4.99 Å². The van der Waals surface area contributed by atoms with Crippen LogP contribution in [0.15, 0.2) is 108 Å². The van der Waals surface area contributed by atoms with Crippen molar-refractivity contribution in [2.75, 3.05) is 11.5 Å². The smallest absolute Gasteiger partial charge is 0.282 e. The van der Waals surface area contributed by atoms with Gasteiger partial charge in [-0.2, -0.15) is 0 Å². The highest BCUT2D eigenvalue weighted by Gasteiger charge is 2.32. The molecule has 1 amide bonds. The number of hydrogen-bond acceptors (Lipinski definition) is 3. The number of aliphatic imine (C=N–C) groups is 1. The lowest BCUT2D eigenvalue weighted by Crippen LogP contribution is -2.32. The predicted octanol–water partition coefficient (Wildman–Crippen LogP) is 6.07. The molecule has 1 heterocycles.